The third-order valence-corrected chi connectivity index (χ3v) is 3.77. The van der Waals surface area contributed by atoms with Crippen molar-refractivity contribution in [3.05, 3.63) is 52.5 Å². The van der Waals surface area contributed by atoms with Gasteiger partial charge in [-0.2, -0.15) is 0 Å². The first-order valence-electron chi connectivity index (χ1n) is 5.44. The maximum atomic E-state index is 12.1. The van der Waals surface area contributed by atoms with Crippen molar-refractivity contribution in [3.63, 3.8) is 0 Å². The van der Waals surface area contributed by atoms with E-state index in [1.165, 1.54) is 12.4 Å². The zero-order chi connectivity index (χ0) is 14.8. The summed E-state index contributed by atoms with van der Waals surface area (Å²) in [6.07, 6.45) is 1.24. The lowest BCUT2D eigenvalue weighted by molar-refractivity contribution is -0.384. The molecule has 0 fully saturated rings. The van der Waals surface area contributed by atoms with Crippen LogP contribution in [0.5, 0.6) is 0 Å². The maximum Gasteiger partial charge on any atom is 0.269 e. The minimum absolute atomic E-state index is 0.0839. The Morgan fingerprint density at radius 2 is 1.85 bits per heavy atom. The van der Waals surface area contributed by atoms with Gasteiger partial charge in [0.15, 0.2) is 0 Å². The Morgan fingerprint density at radius 3 is 2.40 bits per heavy atom. The molecule has 2 aromatic rings. The van der Waals surface area contributed by atoms with Gasteiger partial charge in [0.1, 0.15) is 12.1 Å². The highest BCUT2D eigenvalue weighted by molar-refractivity contribution is 7.92. The molecule has 0 atom stereocenters. The Balaban J connectivity index is 2.28. The number of non-ortho nitro benzene ring substituents is 1. The van der Waals surface area contributed by atoms with E-state index in [-0.39, 0.29) is 16.4 Å². The summed E-state index contributed by atoms with van der Waals surface area (Å²) in [7, 11) is -3.84. The summed E-state index contributed by atoms with van der Waals surface area (Å²) >= 11 is 0. The molecule has 0 aliphatic rings. The van der Waals surface area contributed by atoms with Gasteiger partial charge in [0, 0.05) is 23.9 Å². The fourth-order valence-corrected chi connectivity index (χ4v) is 2.45. The van der Waals surface area contributed by atoms with Gasteiger partial charge in [-0.05, 0) is 19.1 Å². The molecule has 0 aliphatic heterocycles. The number of benzene rings is 1. The molecule has 1 aromatic carbocycles. The van der Waals surface area contributed by atoms with E-state index in [9.17, 15) is 18.5 Å². The van der Waals surface area contributed by atoms with Gasteiger partial charge in [-0.15, -0.1) is 0 Å². The highest BCUT2D eigenvalue weighted by atomic mass is 32.2. The number of nitrogens with one attached hydrogen (secondary N) is 1. The molecule has 0 aliphatic carbocycles. The lowest BCUT2D eigenvalue weighted by Crippen LogP contribution is -2.14. The number of sulfonamides is 1. The van der Waals surface area contributed by atoms with Crippen molar-refractivity contribution in [3.8, 4) is 0 Å². The van der Waals surface area contributed by atoms with E-state index in [0.717, 1.165) is 24.3 Å². The van der Waals surface area contributed by atoms with Crippen LogP contribution in [0.1, 0.15) is 5.69 Å². The fraction of sp³-hybridized carbons (Fsp3) is 0.0909. The predicted molar refractivity (Wildman–Crippen MR) is 70.7 cm³/mol. The highest BCUT2D eigenvalue weighted by Crippen LogP contribution is 2.18. The molecule has 20 heavy (non-hydrogen) atoms. The monoisotopic (exact) mass is 294 g/mol. The second-order valence-corrected chi connectivity index (χ2v) is 5.58. The Hall–Kier alpha value is -2.55. The topological polar surface area (TPSA) is 115 Å². The molecular formula is C11H10N4O4S. The van der Waals surface area contributed by atoms with Crippen LogP contribution in [0, 0.1) is 17.0 Å². The van der Waals surface area contributed by atoms with Crippen LogP contribution in [0.2, 0.25) is 0 Å². The third kappa shape index (κ3) is 3.06. The van der Waals surface area contributed by atoms with Crippen molar-refractivity contribution in [2.24, 2.45) is 0 Å². The minimum Gasteiger partial charge on any atom is -0.263 e. The summed E-state index contributed by atoms with van der Waals surface area (Å²) in [6, 6.07) is 6.05. The predicted octanol–water partition coefficient (Wildman–Crippen LogP) is 1.49. The molecule has 0 spiro atoms. The number of nitro benzene ring substituents is 1. The minimum atomic E-state index is -3.84. The quantitative estimate of drug-likeness (QED) is 0.674. The average molecular weight is 294 g/mol. The van der Waals surface area contributed by atoms with Gasteiger partial charge < -0.3 is 0 Å². The second kappa shape index (κ2) is 5.21. The van der Waals surface area contributed by atoms with Gasteiger partial charge in [0.25, 0.3) is 15.7 Å². The summed E-state index contributed by atoms with van der Waals surface area (Å²) in [6.45, 7) is 1.70. The zero-order valence-electron chi connectivity index (χ0n) is 10.3. The SMILES string of the molecule is Cc1cc(NS(=O)(=O)c2ccc([N+](=O)[O-])cc2)ncn1. The van der Waals surface area contributed by atoms with Crippen molar-refractivity contribution >= 4 is 21.5 Å². The van der Waals surface area contributed by atoms with Gasteiger partial charge in [0.05, 0.1) is 9.82 Å². The van der Waals surface area contributed by atoms with Gasteiger partial charge in [-0.25, -0.2) is 18.4 Å². The number of aromatic nitrogens is 2. The van der Waals surface area contributed by atoms with E-state index in [1.807, 2.05) is 0 Å². The summed E-state index contributed by atoms with van der Waals surface area (Å²) < 4.78 is 26.4. The van der Waals surface area contributed by atoms with E-state index in [0.29, 0.717) is 5.69 Å². The van der Waals surface area contributed by atoms with Crippen LogP contribution in [0.4, 0.5) is 11.5 Å². The van der Waals surface area contributed by atoms with Crippen LogP contribution in [0.15, 0.2) is 41.6 Å². The fourth-order valence-electron chi connectivity index (χ4n) is 1.45. The maximum absolute atomic E-state index is 12.1. The van der Waals surface area contributed by atoms with Gasteiger partial charge in [0.2, 0.25) is 0 Å². The van der Waals surface area contributed by atoms with Crippen molar-refractivity contribution in [2.45, 2.75) is 11.8 Å². The van der Waals surface area contributed by atoms with Crippen LogP contribution < -0.4 is 4.72 Å². The molecule has 104 valence electrons. The average Bonchev–Trinajstić information content (AvgIpc) is 2.38. The van der Waals surface area contributed by atoms with Gasteiger partial charge >= 0.3 is 0 Å². The molecule has 1 heterocycles. The first kappa shape index (κ1) is 13.9. The Kier molecular flexibility index (Phi) is 3.61. The summed E-state index contributed by atoms with van der Waals surface area (Å²) in [4.78, 5) is 17.5. The molecule has 0 bridgehead atoms. The van der Waals surface area contributed by atoms with Crippen LogP contribution in [0.3, 0.4) is 0 Å². The summed E-state index contributed by atoms with van der Waals surface area (Å²) in [5.74, 6) is 0.135. The molecule has 0 unspecified atom stereocenters. The van der Waals surface area contributed by atoms with Crippen LogP contribution >= 0.6 is 0 Å². The first-order chi connectivity index (χ1) is 9.38. The number of aryl methyl sites for hydroxylation is 1. The summed E-state index contributed by atoms with van der Waals surface area (Å²) in [5.41, 5.74) is 0.434. The second-order valence-electron chi connectivity index (χ2n) is 3.90. The summed E-state index contributed by atoms with van der Waals surface area (Å²) in [5, 5.41) is 10.5. The largest absolute Gasteiger partial charge is 0.269 e. The molecule has 0 saturated heterocycles. The van der Waals surface area contributed by atoms with Gasteiger partial charge in [-0.3, -0.25) is 14.8 Å². The molecule has 9 heteroatoms. The van der Waals surface area contributed by atoms with Crippen LogP contribution in [-0.2, 0) is 10.0 Å². The molecule has 1 aromatic heterocycles. The molecule has 1 N–H and O–H groups in total. The molecular weight excluding hydrogens is 284 g/mol. The van der Waals surface area contributed by atoms with Crippen molar-refractivity contribution in [2.75, 3.05) is 4.72 Å². The van der Waals surface area contributed by atoms with Crippen molar-refractivity contribution in [1.29, 1.82) is 0 Å². The lowest BCUT2D eigenvalue weighted by atomic mass is 10.3. The van der Waals surface area contributed by atoms with Crippen LogP contribution in [0.25, 0.3) is 0 Å². The van der Waals surface area contributed by atoms with Crippen molar-refractivity contribution < 1.29 is 13.3 Å². The van der Waals surface area contributed by atoms with E-state index >= 15 is 0 Å². The molecule has 8 nitrogen and oxygen atoms in total. The normalized spacial score (nSPS) is 11.1. The number of hydrogen-bond donors (Lipinski definition) is 1. The Labute approximate surface area is 114 Å². The molecule has 0 amide bonds. The smallest absolute Gasteiger partial charge is 0.263 e. The van der Waals surface area contributed by atoms with E-state index < -0.39 is 14.9 Å². The van der Waals surface area contributed by atoms with E-state index in [1.54, 1.807) is 6.92 Å². The van der Waals surface area contributed by atoms with Gasteiger partial charge in [-0.1, -0.05) is 0 Å². The lowest BCUT2D eigenvalue weighted by Gasteiger charge is -2.07. The van der Waals surface area contributed by atoms with Crippen LogP contribution in [-0.4, -0.2) is 23.3 Å². The van der Waals surface area contributed by atoms with E-state index in [4.69, 9.17) is 0 Å². The number of hydrogen-bond acceptors (Lipinski definition) is 6. The standard InChI is InChI=1S/C11H10N4O4S/c1-8-6-11(13-7-12-8)14-20(18,19)10-4-2-9(3-5-10)15(16)17/h2-7H,1H3,(H,12,13,14). The molecule has 0 saturated carbocycles. The molecule has 2 rings (SSSR count). The third-order valence-electron chi connectivity index (χ3n) is 2.40. The number of nitrogens with zero attached hydrogens (tertiary/aromatic N) is 3. The first-order valence-corrected chi connectivity index (χ1v) is 6.93. The van der Waals surface area contributed by atoms with Crippen molar-refractivity contribution in [1.82, 2.24) is 9.97 Å². The Bertz CT molecular complexity index is 743. The number of anilines is 1. The molecule has 0 radical (unpaired) electrons. The zero-order valence-corrected chi connectivity index (χ0v) is 11.2. The Morgan fingerprint density at radius 1 is 1.20 bits per heavy atom. The van der Waals surface area contributed by atoms with E-state index in [2.05, 4.69) is 14.7 Å². The number of rotatable bonds is 4. The highest BCUT2D eigenvalue weighted by Gasteiger charge is 2.16. The number of nitro groups is 1.